The lowest BCUT2D eigenvalue weighted by atomic mass is 9.79. The summed E-state index contributed by atoms with van der Waals surface area (Å²) in [6, 6.07) is 11.6. The monoisotopic (exact) mass is 391 g/mol. The highest BCUT2D eigenvalue weighted by Gasteiger charge is 2.21. The Morgan fingerprint density at radius 3 is 2.66 bits per heavy atom. The van der Waals surface area contributed by atoms with Crippen molar-refractivity contribution in [2.45, 2.75) is 20.4 Å². The van der Waals surface area contributed by atoms with Crippen LogP contribution < -0.4 is 10.8 Å². The molecule has 0 bridgehead atoms. The number of fused-ring (bicyclic) bond motifs is 1. The molecule has 9 heteroatoms. The van der Waals surface area contributed by atoms with E-state index in [2.05, 4.69) is 25.5 Å². The van der Waals surface area contributed by atoms with Crippen LogP contribution in [-0.4, -0.2) is 37.3 Å². The standard InChI is InChI=1S/C20H19BFN5O2/c1-11-17(15-7-4-8-16(21(28)29)18(15)24-11)20-25-19(12(2)26-27-20)23-10-13-5-3-6-14(22)9-13/h3-9,24,28-29H,10H2,1-2H3,(H,23,25,27). The van der Waals surface area contributed by atoms with Gasteiger partial charge in [-0.2, -0.15) is 0 Å². The van der Waals surface area contributed by atoms with Gasteiger partial charge in [0.25, 0.3) is 0 Å². The van der Waals surface area contributed by atoms with Crippen molar-refractivity contribution in [2.75, 3.05) is 5.32 Å². The number of aromatic amines is 1. The third kappa shape index (κ3) is 3.70. The predicted molar refractivity (Wildman–Crippen MR) is 110 cm³/mol. The number of nitrogens with one attached hydrogen (secondary N) is 2. The maximum atomic E-state index is 13.4. The topological polar surface area (TPSA) is 107 Å². The van der Waals surface area contributed by atoms with Gasteiger partial charge in [-0.15, -0.1) is 10.2 Å². The first-order chi connectivity index (χ1) is 13.9. The van der Waals surface area contributed by atoms with E-state index in [4.69, 9.17) is 0 Å². The summed E-state index contributed by atoms with van der Waals surface area (Å²) in [6.07, 6.45) is 0. The summed E-state index contributed by atoms with van der Waals surface area (Å²) in [5.41, 5.74) is 3.93. The van der Waals surface area contributed by atoms with E-state index in [0.717, 1.165) is 22.2 Å². The molecule has 0 fully saturated rings. The molecule has 0 aliphatic carbocycles. The zero-order valence-corrected chi connectivity index (χ0v) is 15.9. The second kappa shape index (κ2) is 7.61. The van der Waals surface area contributed by atoms with Crippen molar-refractivity contribution >= 4 is 29.3 Å². The summed E-state index contributed by atoms with van der Waals surface area (Å²) >= 11 is 0. The molecule has 0 unspecified atom stereocenters. The molecular weight excluding hydrogens is 372 g/mol. The van der Waals surface area contributed by atoms with Crippen LogP contribution >= 0.6 is 0 Å². The Kier molecular flexibility index (Phi) is 5.00. The molecule has 0 spiro atoms. The summed E-state index contributed by atoms with van der Waals surface area (Å²) < 4.78 is 13.4. The number of rotatable bonds is 5. The molecule has 4 rings (SSSR count). The molecule has 2 aromatic heterocycles. The number of benzene rings is 2. The smallest absolute Gasteiger partial charge is 0.423 e. The number of hydrogen-bond acceptors (Lipinski definition) is 6. The molecule has 0 amide bonds. The number of aryl methyl sites for hydroxylation is 2. The van der Waals surface area contributed by atoms with Crippen LogP contribution in [0.1, 0.15) is 17.0 Å². The van der Waals surface area contributed by atoms with Gasteiger partial charge in [-0.1, -0.05) is 30.3 Å². The van der Waals surface area contributed by atoms with Crippen LogP contribution in [0, 0.1) is 19.7 Å². The van der Waals surface area contributed by atoms with Gasteiger partial charge >= 0.3 is 7.12 Å². The Hall–Kier alpha value is -3.30. The van der Waals surface area contributed by atoms with E-state index >= 15 is 0 Å². The van der Waals surface area contributed by atoms with Gasteiger partial charge in [0.2, 0.25) is 0 Å². The summed E-state index contributed by atoms with van der Waals surface area (Å²) in [7, 11) is -1.59. The highest BCUT2D eigenvalue weighted by atomic mass is 19.1. The summed E-state index contributed by atoms with van der Waals surface area (Å²) in [6.45, 7) is 4.05. The molecule has 0 aliphatic heterocycles. The third-order valence-electron chi connectivity index (χ3n) is 4.76. The van der Waals surface area contributed by atoms with Crippen LogP contribution in [0.2, 0.25) is 0 Å². The number of nitrogens with zero attached hydrogens (tertiary/aromatic N) is 3. The van der Waals surface area contributed by atoms with Gasteiger partial charge in [-0.05, 0) is 31.5 Å². The fourth-order valence-electron chi connectivity index (χ4n) is 3.36. The van der Waals surface area contributed by atoms with Crippen molar-refractivity contribution in [1.82, 2.24) is 20.2 Å². The third-order valence-corrected chi connectivity index (χ3v) is 4.76. The zero-order chi connectivity index (χ0) is 20.5. The highest BCUT2D eigenvalue weighted by Crippen LogP contribution is 2.29. The van der Waals surface area contributed by atoms with Crippen LogP contribution in [0.4, 0.5) is 10.2 Å². The Morgan fingerprint density at radius 1 is 1.10 bits per heavy atom. The minimum atomic E-state index is -1.59. The minimum absolute atomic E-state index is 0.293. The van der Waals surface area contributed by atoms with Gasteiger partial charge in [-0.3, -0.25) is 0 Å². The minimum Gasteiger partial charge on any atom is -0.423 e. The largest absolute Gasteiger partial charge is 0.490 e. The van der Waals surface area contributed by atoms with Crippen molar-refractivity contribution in [3.05, 3.63) is 65.2 Å². The van der Waals surface area contributed by atoms with Crippen LogP contribution in [-0.2, 0) is 6.54 Å². The normalized spacial score (nSPS) is 11.1. The molecule has 0 saturated carbocycles. The lowest BCUT2D eigenvalue weighted by molar-refractivity contribution is 0.426. The van der Waals surface area contributed by atoms with E-state index in [-0.39, 0.29) is 5.82 Å². The number of para-hydroxylation sites is 1. The van der Waals surface area contributed by atoms with E-state index in [1.165, 1.54) is 12.1 Å². The van der Waals surface area contributed by atoms with E-state index in [1.54, 1.807) is 25.1 Å². The second-order valence-corrected chi connectivity index (χ2v) is 6.82. The van der Waals surface area contributed by atoms with E-state index in [1.807, 2.05) is 19.1 Å². The molecule has 0 aliphatic rings. The van der Waals surface area contributed by atoms with Gasteiger partial charge in [0.05, 0.1) is 0 Å². The summed E-state index contributed by atoms with van der Waals surface area (Å²) in [5, 5.41) is 31.6. The fraction of sp³-hybridized carbons (Fsp3) is 0.150. The molecule has 0 saturated heterocycles. The molecule has 0 atom stereocenters. The van der Waals surface area contributed by atoms with Crippen molar-refractivity contribution in [3.63, 3.8) is 0 Å². The Morgan fingerprint density at radius 2 is 1.90 bits per heavy atom. The van der Waals surface area contributed by atoms with Crippen molar-refractivity contribution in [3.8, 4) is 11.4 Å². The maximum Gasteiger partial charge on any atom is 0.490 e. The van der Waals surface area contributed by atoms with Crippen LogP contribution in [0.25, 0.3) is 22.3 Å². The molecule has 7 nitrogen and oxygen atoms in total. The molecule has 29 heavy (non-hydrogen) atoms. The molecule has 2 aromatic carbocycles. The van der Waals surface area contributed by atoms with E-state index in [9.17, 15) is 14.4 Å². The van der Waals surface area contributed by atoms with Crippen molar-refractivity contribution in [1.29, 1.82) is 0 Å². The summed E-state index contributed by atoms with van der Waals surface area (Å²) in [5.74, 6) is 0.663. The first-order valence-corrected chi connectivity index (χ1v) is 9.11. The predicted octanol–water partition coefficient (Wildman–Crippen LogP) is 2.07. The Bertz CT molecular complexity index is 1190. The number of hydrogen-bond donors (Lipinski definition) is 4. The number of aromatic nitrogens is 4. The van der Waals surface area contributed by atoms with E-state index in [0.29, 0.717) is 34.9 Å². The molecule has 4 N–H and O–H groups in total. The molecule has 4 aromatic rings. The Labute approximate surface area is 166 Å². The van der Waals surface area contributed by atoms with Crippen LogP contribution in [0.5, 0.6) is 0 Å². The highest BCUT2D eigenvalue weighted by molar-refractivity contribution is 6.61. The van der Waals surface area contributed by atoms with E-state index < -0.39 is 7.12 Å². The van der Waals surface area contributed by atoms with Gasteiger partial charge in [-0.25, -0.2) is 9.37 Å². The first-order valence-electron chi connectivity index (χ1n) is 9.11. The quantitative estimate of drug-likeness (QED) is 0.388. The molecule has 2 heterocycles. The maximum absolute atomic E-state index is 13.4. The Balaban J connectivity index is 1.72. The van der Waals surface area contributed by atoms with Gasteiger partial charge in [0.15, 0.2) is 11.6 Å². The summed E-state index contributed by atoms with van der Waals surface area (Å²) in [4.78, 5) is 7.80. The molecule has 146 valence electrons. The zero-order valence-electron chi connectivity index (χ0n) is 15.9. The first kappa shape index (κ1) is 19.0. The van der Waals surface area contributed by atoms with Gasteiger partial charge in [0.1, 0.15) is 11.5 Å². The molecule has 0 radical (unpaired) electrons. The number of H-pyrrole nitrogens is 1. The second-order valence-electron chi connectivity index (χ2n) is 6.82. The van der Waals surface area contributed by atoms with Crippen LogP contribution in [0.15, 0.2) is 42.5 Å². The average Bonchev–Trinajstić information content (AvgIpc) is 3.03. The number of anilines is 1. The average molecular weight is 391 g/mol. The SMILES string of the molecule is Cc1nnc(-c2c(C)[nH]c3c(B(O)O)cccc23)nc1NCc1cccc(F)c1. The fourth-order valence-corrected chi connectivity index (χ4v) is 3.36. The van der Waals surface area contributed by atoms with Gasteiger partial charge < -0.3 is 20.3 Å². The van der Waals surface area contributed by atoms with Gasteiger partial charge in [0, 0.05) is 34.2 Å². The van der Waals surface area contributed by atoms with Crippen molar-refractivity contribution in [2.24, 2.45) is 0 Å². The van der Waals surface area contributed by atoms with Crippen molar-refractivity contribution < 1.29 is 14.4 Å². The molecular formula is C20H19BFN5O2. The lowest BCUT2D eigenvalue weighted by Crippen LogP contribution is -2.30. The van der Waals surface area contributed by atoms with Crippen LogP contribution in [0.3, 0.4) is 0 Å². The lowest BCUT2D eigenvalue weighted by Gasteiger charge is -2.09. The number of halogens is 1.